The van der Waals surface area contributed by atoms with Gasteiger partial charge in [-0.3, -0.25) is 15.1 Å². The Hall–Kier alpha value is -2.32. The fraction of sp³-hybridized carbons (Fsp3) is 0.143. The molecule has 3 heterocycles. The molecular weight excluding hydrogens is 318 g/mol. The number of hydrogen-bond donors (Lipinski definition) is 2. The number of pyridine rings is 1. The third kappa shape index (κ3) is 3.29. The molecule has 0 atom stereocenters. The van der Waals surface area contributed by atoms with Gasteiger partial charge in [0.05, 0.1) is 22.6 Å². The van der Waals surface area contributed by atoms with E-state index in [0.717, 1.165) is 16.4 Å². The molecule has 3 rings (SSSR count). The van der Waals surface area contributed by atoms with Gasteiger partial charge in [-0.15, -0.1) is 22.7 Å². The molecule has 2 N–H and O–H groups in total. The van der Waals surface area contributed by atoms with E-state index in [1.807, 2.05) is 31.4 Å². The molecular formula is C14H13N5OS2. The molecule has 1 amide bonds. The lowest BCUT2D eigenvalue weighted by molar-refractivity contribution is 0.102. The lowest BCUT2D eigenvalue weighted by Gasteiger charge is -2.05. The van der Waals surface area contributed by atoms with Crippen LogP contribution in [0.4, 0.5) is 15.8 Å². The number of amides is 1. The molecule has 0 aliphatic rings. The van der Waals surface area contributed by atoms with E-state index in [1.165, 1.54) is 22.7 Å². The van der Waals surface area contributed by atoms with Gasteiger partial charge in [-0.05, 0) is 26.0 Å². The first-order chi connectivity index (χ1) is 10.6. The van der Waals surface area contributed by atoms with Gasteiger partial charge in [0.25, 0.3) is 5.91 Å². The van der Waals surface area contributed by atoms with Crippen LogP contribution in [0.25, 0.3) is 0 Å². The van der Waals surface area contributed by atoms with Crippen molar-refractivity contribution in [3.8, 4) is 0 Å². The molecule has 0 saturated carbocycles. The van der Waals surface area contributed by atoms with Crippen LogP contribution in [0, 0.1) is 13.8 Å². The zero-order valence-electron chi connectivity index (χ0n) is 12.0. The largest absolute Gasteiger partial charge is 0.344 e. The standard InChI is InChI=1S/C14H13N5OS2/c1-8-7-21-14(16-8)19-12(20)11-13(22-9(2)17-11)18-10-4-3-5-15-6-10/h3-7,18H,1-2H3,(H,16,19,20). The highest BCUT2D eigenvalue weighted by atomic mass is 32.1. The number of nitrogens with zero attached hydrogens (tertiary/aromatic N) is 3. The van der Waals surface area contributed by atoms with E-state index in [1.54, 1.807) is 12.4 Å². The van der Waals surface area contributed by atoms with E-state index < -0.39 is 0 Å². The van der Waals surface area contributed by atoms with Gasteiger partial charge in [0.15, 0.2) is 10.8 Å². The maximum atomic E-state index is 12.4. The molecule has 112 valence electrons. The predicted octanol–water partition coefficient (Wildman–Crippen LogP) is 3.61. The van der Waals surface area contributed by atoms with Gasteiger partial charge in [0.2, 0.25) is 0 Å². The number of nitrogens with one attached hydrogen (secondary N) is 2. The summed E-state index contributed by atoms with van der Waals surface area (Å²) in [6.07, 6.45) is 3.39. The summed E-state index contributed by atoms with van der Waals surface area (Å²) in [6.45, 7) is 3.75. The van der Waals surface area contributed by atoms with Crippen LogP contribution in [-0.2, 0) is 0 Å². The number of carbonyl (C=O) groups is 1. The SMILES string of the molecule is Cc1csc(NC(=O)c2nc(C)sc2Nc2cccnc2)n1. The Bertz CT molecular complexity index is 797. The molecule has 8 heteroatoms. The highest BCUT2D eigenvalue weighted by Crippen LogP contribution is 2.28. The summed E-state index contributed by atoms with van der Waals surface area (Å²) in [5.41, 5.74) is 2.05. The zero-order chi connectivity index (χ0) is 15.5. The van der Waals surface area contributed by atoms with Crippen molar-refractivity contribution in [3.63, 3.8) is 0 Å². The van der Waals surface area contributed by atoms with Crippen molar-refractivity contribution in [2.24, 2.45) is 0 Å². The number of aromatic nitrogens is 3. The van der Waals surface area contributed by atoms with Crippen LogP contribution < -0.4 is 10.6 Å². The first-order valence-electron chi connectivity index (χ1n) is 6.50. The lowest BCUT2D eigenvalue weighted by Crippen LogP contribution is -2.13. The Kier molecular flexibility index (Phi) is 4.12. The van der Waals surface area contributed by atoms with Gasteiger partial charge >= 0.3 is 0 Å². The molecule has 22 heavy (non-hydrogen) atoms. The molecule has 0 bridgehead atoms. The fourth-order valence-corrected chi connectivity index (χ4v) is 3.32. The van der Waals surface area contributed by atoms with E-state index in [9.17, 15) is 4.79 Å². The summed E-state index contributed by atoms with van der Waals surface area (Å²) in [7, 11) is 0. The smallest absolute Gasteiger partial charge is 0.279 e. The molecule has 0 fully saturated rings. The summed E-state index contributed by atoms with van der Waals surface area (Å²) < 4.78 is 0. The second-order valence-electron chi connectivity index (χ2n) is 4.53. The molecule has 0 aliphatic heterocycles. The molecule has 3 aromatic heterocycles. The maximum Gasteiger partial charge on any atom is 0.279 e. The van der Waals surface area contributed by atoms with E-state index in [0.29, 0.717) is 15.8 Å². The van der Waals surface area contributed by atoms with E-state index in [-0.39, 0.29) is 5.91 Å². The van der Waals surface area contributed by atoms with Crippen molar-refractivity contribution < 1.29 is 4.79 Å². The summed E-state index contributed by atoms with van der Waals surface area (Å²) >= 11 is 2.82. The minimum atomic E-state index is -0.273. The van der Waals surface area contributed by atoms with Crippen LogP contribution in [0.5, 0.6) is 0 Å². The lowest BCUT2D eigenvalue weighted by atomic mass is 10.4. The first kappa shape index (κ1) is 14.6. The average molecular weight is 331 g/mol. The maximum absolute atomic E-state index is 12.4. The van der Waals surface area contributed by atoms with Crippen molar-refractivity contribution in [2.75, 3.05) is 10.6 Å². The molecule has 3 aromatic rings. The molecule has 0 aromatic carbocycles. The summed E-state index contributed by atoms with van der Waals surface area (Å²) in [5, 5.41) is 9.91. The van der Waals surface area contributed by atoms with Crippen molar-refractivity contribution in [2.45, 2.75) is 13.8 Å². The quantitative estimate of drug-likeness (QED) is 0.763. The molecule has 0 saturated heterocycles. The monoisotopic (exact) mass is 331 g/mol. The van der Waals surface area contributed by atoms with Crippen LogP contribution in [0.2, 0.25) is 0 Å². The van der Waals surface area contributed by atoms with Crippen molar-refractivity contribution in [1.29, 1.82) is 0 Å². The Balaban J connectivity index is 1.82. The molecule has 0 radical (unpaired) electrons. The Morgan fingerprint density at radius 3 is 2.82 bits per heavy atom. The molecule has 6 nitrogen and oxygen atoms in total. The predicted molar refractivity (Wildman–Crippen MR) is 89.2 cm³/mol. The van der Waals surface area contributed by atoms with E-state index in [4.69, 9.17) is 0 Å². The van der Waals surface area contributed by atoms with Crippen LogP contribution in [0.15, 0.2) is 29.9 Å². The van der Waals surface area contributed by atoms with Crippen molar-refractivity contribution in [1.82, 2.24) is 15.0 Å². The Morgan fingerprint density at radius 2 is 2.14 bits per heavy atom. The third-order valence-electron chi connectivity index (χ3n) is 2.71. The zero-order valence-corrected chi connectivity index (χ0v) is 13.6. The normalized spacial score (nSPS) is 10.5. The summed E-state index contributed by atoms with van der Waals surface area (Å²) in [5.74, 6) is -0.273. The van der Waals surface area contributed by atoms with Crippen LogP contribution in [0.3, 0.4) is 0 Å². The van der Waals surface area contributed by atoms with Gasteiger partial charge in [0.1, 0.15) is 5.00 Å². The Labute approximate surface area is 135 Å². The number of thiazole rings is 2. The van der Waals surface area contributed by atoms with Gasteiger partial charge < -0.3 is 5.32 Å². The molecule has 0 aliphatic carbocycles. The number of carbonyl (C=O) groups excluding carboxylic acids is 1. The van der Waals surface area contributed by atoms with Gasteiger partial charge in [-0.2, -0.15) is 0 Å². The number of rotatable bonds is 4. The van der Waals surface area contributed by atoms with E-state index in [2.05, 4.69) is 25.6 Å². The van der Waals surface area contributed by atoms with Gasteiger partial charge in [-0.25, -0.2) is 9.97 Å². The minimum absolute atomic E-state index is 0.273. The summed E-state index contributed by atoms with van der Waals surface area (Å²) in [6, 6.07) is 3.71. The fourth-order valence-electron chi connectivity index (χ4n) is 1.80. The minimum Gasteiger partial charge on any atom is -0.344 e. The Morgan fingerprint density at radius 1 is 1.27 bits per heavy atom. The number of anilines is 3. The molecule has 0 unspecified atom stereocenters. The first-order valence-corrected chi connectivity index (χ1v) is 8.19. The molecule has 0 spiro atoms. The highest BCUT2D eigenvalue weighted by molar-refractivity contribution is 7.16. The number of hydrogen-bond acceptors (Lipinski definition) is 7. The van der Waals surface area contributed by atoms with Gasteiger partial charge in [0, 0.05) is 11.6 Å². The second kappa shape index (κ2) is 6.20. The van der Waals surface area contributed by atoms with Crippen molar-refractivity contribution >= 4 is 44.4 Å². The van der Waals surface area contributed by atoms with Crippen LogP contribution in [0.1, 0.15) is 21.2 Å². The second-order valence-corrected chi connectivity index (χ2v) is 6.59. The third-order valence-corrected chi connectivity index (χ3v) is 4.47. The van der Waals surface area contributed by atoms with E-state index >= 15 is 0 Å². The van der Waals surface area contributed by atoms with Crippen LogP contribution in [-0.4, -0.2) is 20.9 Å². The topological polar surface area (TPSA) is 79.8 Å². The van der Waals surface area contributed by atoms with Crippen molar-refractivity contribution in [3.05, 3.63) is 46.3 Å². The summed E-state index contributed by atoms with van der Waals surface area (Å²) in [4.78, 5) is 25.0. The highest BCUT2D eigenvalue weighted by Gasteiger charge is 2.18. The average Bonchev–Trinajstić information content (AvgIpc) is 3.06. The number of aryl methyl sites for hydroxylation is 2. The van der Waals surface area contributed by atoms with Crippen LogP contribution >= 0.6 is 22.7 Å². The van der Waals surface area contributed by atoms with Gasteiger partial charge in [-0.1, -0.05) is 0 Å².